The minimum absolute atomic E-state index is 0.0159. The van der Waals surface area contributed by atoms with Crippen molar-refractivity contribution in [2.75, 3.05) is 5.32 Å². The lowest BCUT2D eigenvalue weighted by atomic mass is 10.2. The zero-order valence-electron chi connectivity index (χ0n) is 11.5. The first kappa shape index (κ1) is 14.3. The Kier molecular flexibility index (Phi) is 4.90. The molecule has 0 unspecified atom stereocenters. The highest BCUT2D eigenvalue weighted by atomic mass is 16.3. The molecule has 0 saturated heterocycles. The lowest BCUT2D eigenvalue weighted by molar-refractivity contribution is -0.116. The molecule has 20 heavy (non-hydrogen) atoms. The van der Waals surface area contributed by atoms with E-state index in [-0.39, 0.29) is 12.5 Å². The maximum Gasteiger partial charge on any atom is 0.224 e. The predicted molar refractivity (Wildman–Crippen MR) is 77.2 cm³/mol. The third-order valence-corrected chi connectivity index (χ3v) is 3.12. The maximum atomic E-state index is 11.8. The van der Waals surface area contributed by atoms with Crippen molar-refractivity contribution < 1.29 is 9.90 Å². The molecule has 0 aliphatic carbocycles. The van der Waals surface area contributed by atoms with E-state index in [1.807, 2.05) is 35.9 Å². The van der Waals surface area contributed by atoms with Crippen molar-refractivity contribution in [3.05, 3.63) is 48.0 Å². The van der Waals surface area contributed by atoms with Gasteiger partial charge in [-0.3, -0.25) is 4.79 Å². The zero-order valence-corrected chi connectivity index (χ0v) is 11.5. The molecule has 1 amide bonds. The topological polar surface area (TPSA) is 67.2 Å². The lowest BCUT2D eigenvalue weighted by Gasteiger charge is -2.07. The molecule has 1 aromatic heterocycles. The van der Waals surface area contributed by atoms with E-state index >= 15 is 0 Å². The second kappa shape index (κ2) is 6.86. The third-order valence-electron chi connectivity index (χ3n) is 3.12. The van der Waals surface area contributed by atoms with Crippen molar-refractivity contribution in [3.8, 4) is 0 Å². The van der Waals surface area contributed by atoms with Crippen LogP contribution in [-0.2, 0) is 17.9 Å². The van der Waals surface area contributed by atoms with E-state index in [2.05, 4.69) is 10.3 Å². The highest BCUT2D eigenvalue weighted by Gasteiger charge is 2.04. The Balaban J connectivity index is 1.79. The molecule has 0 aliphatic heterocycles. The van der Waals surface area contributed by atoms with Gasteiger partial charge in [0.15, 0.2) is 0 Å². The fraction of sp³-hybridized carbons (Fsp3) is 0.333. The molecule has 0 aliphatic rings. The third kappa shape index (κ3) is 3.93. The summed E-state index contributed by atoms with van der Waals surface area (Å²) in [6.07, 6.45) is 4.90. The number of nitrogens with one attached hydrogen (secondary N) is 1. The SMILES string of the molecule is Cc1nccn1CCCC(=O)Nc1cccc(CO)c1. The van der Waals surface area contributed by atoms with Crippen LogP contribution < -0.4 is 5.32 Å². The molecule has 0 saturated carbocycles. The molecule has 0 spiro atoms. The molecule has 1 aromatic carbocycles. The largest absolute Gasteiger partial charge is 0.392 e. The van der Waals surface area contributed by atoms with E-state index in [4.69, 9.17) is 5.11 Å². The number of amides is 1. The van der Waals surface area contributed by atoms with E-state index in [9.17, 15) is 4.79 Å². The summed E-state index contributed by atoms with van der Waals surface area (Å²) in [7, 11) is 0. The van der Waals surface area contributed by atoms with Gasteiger partial charge in [-0.2, -0.15) is 0 Å². The molecule has 2 rings (SSSR count). The summed E-state index contributed by atoms with van der Waals surface area (Å²) < 4.78 is 2.03. The van der Waals surface area contributed by atoms with Gasteiger partial charge < -0.3 is 15.0 Å². The summed E-state index contributed by atoms with van der Waals surface area (Å²) in [6, 6.07) is 7.22. The first-order valence-corrected chi connectivity index (χ1v) is 6.66. The molecular formula is C15H19N3O2. The van der Waals surface area contributed by atoms with Gasteiger partial charge in [-0.25, -0.2) is 4.98 Å². The summed E-state index contributed by atoms with van der Waals surface area (Å²) in [6.45, 7) is 2.71. The van der Waals surface area contributed by atoms with Crippen LogP contribution in [0.4, 0.5) is 5.69 Å². The second-order valence-corrected chi connectivity index (χ2v) is 4.68. The Morgan fingerprint density at radius 3 is 3.00 bits per heavy atom. The van der Waals surface area contributed by atoms with Gasteiger partial charge in [-0.15, -0.1) is 0 Å². The lowest BCUT2D eigenvalue weighted by Crippen LogP contribution is -2.12. The maximum absolute atomic E-state index is 11.8. The van der Waals surface area contributed by atoms with Crippen molar-refractivity contribution in [2.24, 2.45) is 0 Å². The number of imidazole rings is 1. The molecule has 0 fully saturated rings. The van der Waals surface area contributed by atoms with Crippen molar-refractivity contribution >= 4 is 11.6 Å². The Hall–Kier alpha value is -2.14. The Morgan fingerprint density at radius 1 is 1.45 bits per heavy atom. The average molecular weight is 273 g/mol. The molecule has 1 heterocycles. The van der Waals surface area contributed by atoms with E-state index in [1.165, 1.54) is 0 Å². The molecule has 5 heteroatoms. The van der Waals surface area contributed by atoms with Crippen LogP contribution in [0, 0.1) is 6.92 Å². The first-order chi connectivity index (χ1) is 9.69. The Bertz CT molecular complexity index is 578. The minimum atomic E-state index is -0.0242. The van der Waals surface area contributed by atoms with Crippen molar-refractivity contribution in [1.29, 1.82) is 0 Å². The number of anilines is 1. The summed E-state index contributed by atoms with van der Waals surface area (Å²) in [5.74, 6) is 0.943. The number of aryl methyl sites for hydroxylation is 2. The Morgan fingerprint density at radius 2 is 2.30 bits per heavy atom. The normalized spacial score (nSPS) is 10.5. The number of aromatic nitrogens is 2. The van der Waals surface area contributed by atoms with Gasteiger partial charge in [-0.05, 0) is 31.0 Å². The number of carbonyl (C=O) groups is 1. The van der Waals surface area contributed by atoms with Crippen LogP contribution in [0.25, 0.3) is 0 Å². The predicted octanol–water partition coefficient (Wildman–Crippen LogP) is 2.10. The van der Waals surface area contributed by atoms with Crippen LogP contribution >= 0.6 is 0 Å². The number of hydrogen-bond acceptors (Lipinski definition) is 3. The summed E-state index contributed by atoms with van der Waals surface area (Å²) in [5, 5.41) is 11.9. The van der Waals surface area contributed by atoms with Crippen LogP contribution in [0.1, 0.15) is 24.2 Å². The number of hydrogen-bond donors (Lipinski definition) is 2. The molecule has 2 N–H and O–H groups in total. The molecule has 0 bridgehead atoms. The highest BCUT2D eigenvalue weighted by molar-refractivity contribution is 5.90. The Labute approximate surface area is 118 Å². The summed E-state index contributed by atoms with van der Waals surface area (Å²) >= 11 is 0. The van der Waals surface area contributed by atoms with Gasteiger partial charge in [0.2, 0.25) is 5.91 Å². The monoisotopic (exact) mass is 273 g/mol. The van der Waals surface area contributed by atoms with Crippen molar-refractivity contribution in [3.63, 3.8) is 0 Å². The van der Waals surface area contributed by atoms with Gasteiger partial charge in [0.1, 0.15) is 5.82 Å². The van der Waals surface area contributed by atoms with Crippen LogP contribution in [-0.4, -0.2) is 20.6 Å². The van der Waals surface area contributed by atoms with E-state index in [0.717, 1.165) is 30.0 Å². The molecule has 5 nitrogen and oxygen atoms in total. The van der Waals surface area contributed by atoms with E-state index in [1.54, 1.807) is 12.3 Å². The van der Waals surface area contributed by atoms with E-state index < -0.39 is 0 Å². The number of aliphatic hydroxyl groups excluding tert-OH is 1. The number of aliphatic hydroxyl groups is 1. The summed E-state index contributed by atoms with van der Waals surface area (Å²) in [4.78, 5) is 16.0. The molecule has 2 aromatic rings. The van der Waals surface area contributed by atoms with Gasteiger partial charge in [-0.1, -0.05) is 12.1 Å². The van der Waals surface area contributed by atoms with Crippen LogP contribution in [0.2, 0.25) is 0 Å². The van der Waals surface area contributed by atoms with Crippen molar-refractivity contribution in [2.45, 2.75) is 32.9 Å². The minimum Gasteiger partial charge on any atom is -0.392 e. The number of benzene rings is 1. The summed E-state index contributed by atoms with van der Waals surface area (Å²) in [5.41, 5.74) is 1.51. The van der Waals surface area contributed by atoms with Crippen LogP contribution in [0.3, 0.4) is 0 Å². The first-order valence-electron chi connectivity index (χ1n) is 6.66. The standard InChI is InChI=1S/C15H19N3O2/c1-12-16-7-9-18(12)8-3-6-15(20)17-14-5-2-4-13(10-14)11-19/h2,4-5,7,9-10,19H,3,6,8,11H2,1H3,(H,17,20). The van der Waals surface area contributed by atoms with Gasteiger partial charge in [0.05, 0.1) is 6.61 Å². The van der Waals surface area contributed by atoms with E-state index in [0.29, 0.717) is 6.42 Å². The van der Waals surface area contributed by atoms with Gasteiger partial charge in [0, 0.05) is 31.0 Å². The number of carbonyl (C=O) groups excluding carboxylic acids is 1. The van der Waals surface area contributed by atoms with Crippen molar-refractivity contribution in [1.82, 2.24) is 9.55 Å². The second-order valence-electron chi connectivity index (χ2n) is 4.68. The van der Waals surface area contributed by atoms with Crippen LogP contribution in [0.5, 0.6) is 0 Å². The highest BCUT2D eigenvalue weighted by Crippen LogP contribution is 2.11. The fourth-order valence-electron chi connectivity index (χ4n) is 2.02. The fourth-order valence-corrected chi connectivity index (χ4v) is 2.02. The quantitative estimate of drug-likeness (QED) is 0.847. The smallest absolute Gasteiger partial charge is 0.224 e. The number of rotatable bonds is 6. The number of nitrogens with zero attached hydrogens (tertiary/aromatic N) is 2. The molecule has 0 radical (unpaired) electrons. The molecule has 106 valence electrons. The van der Waals surface area contributed by atoms with Gasteiger partial charge >= 0.3 is 0 Å². The zero-order chi connectivity index (χ0) is 14.4. The average Bonchev–Trinajstić information content (AvgIpc) is 2.85. The molecule has 0 atom stereocenters. The van der Waals surface area contributed by atoms with Gasteiger partial charge in [0.25, 0.3) is 0 Å². The molecular weight excluding hydrogens is 254 g/mol. The van der Waals surface area contributed by atoms with Crippen LogP contribution in [0.15, 0.2) is 36.7 Å².